The number of hydrogen-bond donors (Lipinski definition) is 0. The van der Waals surface area contributed by atoms with Gasteiger partial charge in [0.2, 0.25) is 0 Å². The van der Waals surface area contributed by atoms with Crippen LogP contribution in [-0.4, -0.2) is 63.0 Å². The minimum absolute atomic E-state index is 0.00899. The number of unbranched alkanes of at least 4 members (excludes halogenated alkanes) is 1. The predicted molar refractivity (Wildman–Crippen MR) is 161 cm³/mol. The summed E-state index contributed by atoms with van der Waals surface area (Å²) in [5.41, 5.74) is 5.75. The van der Waals surface area contributed by atoms with Gasteiger partial charge < -0.3 is 24.1 Å². The molecule has 0 spiro atoms. The largest absolute Gasteiger partial charge is 0.493 e. The lowest BCUT2D eigenvalue weighted by Crippen LogP contribution is -2.46. The molecule has 2 aliphatic rings. The van der Waals surface area contributed by atoms with E-state index in [9.17, 15) is 9.18 Å². The third-order valence-corrected chi connectivity index (χ3v) is 8.77. The van der Waals surface area contributed by atoms with E-state index in [1.807, 2.05) is 18.2 Å². The van der Waals surface area contributed by atoms with Crippen molar-refractivity contribution in [1.82, 2.24) is 9.80 Å². The Bertz CT molecular complexity index is 1320. The number of carbonyl (C=O) groups is 1. The topological polar surface area (TPSA) is 45.2 Å². The molecule has 0 N–H and O–H groups in total. The molecule has 0 amide bonds. The van der Waals surface area contributed by atoms with Crippen LogP contribution in [0.2, 0.25) is 0 Å². The first-order valence-corrected chi connectivity index (χ1v) is 14.8. The third kappa shape index (κ3) is 6.41. The summed E-state index contributed by atoms with van der Waals surface area (Å²) in [5, 5.41) is 0. The molecule has 1 unspecified atom stereocenters. The molecule has 3 aromatic rings. The highest BCUT2D eigenvalue weighted by molar-refractivity contribution is 5.70. The molecule has 1 fully saturated rings. The molecular formula is C34H42FN3O3. The molecule has 5 rings (SSSR count). The SMILES string of the molecule is CCN1CCN(c2cccc3c2CN([C@H](CCCCc2cccc(F)c2)c2ccc(OC)c(OC)c2)C3C=O)CC1. The number of aryl methyl sites for hydroxylation is 1. The molecule has 0 aliphatic carbocycles. The monoisotopic (exact) mass is 559 g/mol. The number of methoxy groups -OCH3 is 2. The number of fused-ring (bicyclic) bond motifs is 1. The Morgan fingerprint density at radius 1 is 0.951 bits per heavy atom. The molecule has 6 nitrogen and oxygen atoms in total. The lowest BCUT2D eigenvalue weighted by Gasteiger charge is -2.36. The van der Waals surface area contributed by atoms with E-state index in [2.05, 4.69) is 45.9 Å². The van der Waals surface area contributed by atoms with E-state index in [0.717, 1.165) is 81.4 Å². The number of carbonyl (C=O) groups excluding carboxylic acids is 1. The van der Waals surface area contributed by atoms with Crippen molar-refractivity contribution in [1.29, 1.82) is 0 Å². The Morgan fingerprint density at radius 2 is 1.73 bits per heavy atom. The minimum Gasteiger partial charge on any atom is -0.493 e. The van der Waals surface area contributed by atoms with Crippen LogP contribution in [0.15, 0.2) is 60.7 Å². The molecule has 3 aromatic carbocycles. The van der Waals surface area contributed by atoms with Crippen LogP contribution in [0.1, 0.15) is 60.5 Å². The summed E-state index contributed by atoms with van der Waals surface area (Å²) in [5.74, 6) is 1.18. The van der Waals surface area contributed by atoms with E-state index in [0.29, 0.717) is 18.0 Å². The summed E-state index contributed by atoms with van der Waals surface area (Å²) in [7, 11) is 3.29. The van der Waals surface area contributed by atoms with E-state index < -0.39 is 0 Å². The zero-order valence-corrected chi connectivity index (χ0v) is 24.5. The number of halogens is 1. The van der Waals surface area contributed by atoms with Gasteiger partial charge in [-0.15, -0.1) is 0 Å². The van der Waals surface area contributed by atoms with Crippen molar-refractivity contribution in [2.75, 3.05) is 51.8 Å². The Kier molecular flexibility index (Phi) is 9.57. The Labute approximate surface area is 243 Å². The van der Waals surface area contributed by atoms with Crippen LogP contribution in [0.25, 0.3) is 0 Å². The highest BCUT2D eigenvalue weighted by Gasteiger charge is 2.37. The van der Waals surface area contributed by atoms with Gasteiger partial charge in [-0.05, 0) is 78.4 Å². The van der Waals surface area contributed by atoms with Crippen molar-refractivity contribution in [2.45, 2.75) is 51.2 Å². The fourth-order valence-corrected chi connectivity index (χ4v) is 6.50. The first-order valence-electron chi connectivity index (χ1n) is 14.8. The van der Waals surface area contributed by atoms with Crippen LogP contribution in [-0.2, 0) is 17.8 Å². The maximum atomic E-state index is 13.7. The van der Waals surface area contributed by atoms with Crippen LogP contribution in [0.5, 0.6) is 11.5 Å². The van der Waals surface area contributed by atoms with Gasteiger partial charge in [-0.2, -0.15) is 0 Å². The number of nitrogens with zero attached hydrogens (tertiary/aromatic N) is 3. The number of hydrogen-bond acceptors (Lipinski definition) is 6. The summed E-state index contributed by atoms with van der Waals surface area (Å²) < 4.78 is 24.9. The molecule has 1 saturated heterocycles. The summed E-state index contributed by atoms with van der Waals surface area (Å²) in [6, 6.07) is 19.1. The van der Waals surface area contributed by atoms with Crippen molar-refractivity contribution in [2.24, 2.45) is 0 Å². The predicted octanol–water partition coefficient (Wildman–Crippen LogP) is 6.19. The van der Waals surface area contributed by atoms with Crippen molar-refractivity contribution in [3.05, 3.63) is 88.7 Å². The zero-order chi connectivity index (χ0) is 28.8. The molecule has 7 heteroatoms. The molecule has 2 heterocycles. The third-order valence-electron chi connectivity index (χ3n) is 8.77. The van der Waals surface area contributed by atoms with Gasteiger partial charge in [0.1, 0.15) is 12.1 Å². The van der Waals surface area contributed by atoms with Gasteiger partial charge in [0, 0.05) is 44.5 Å². The smallest absolute Gasteiger partial charge is 0.161 e. The average molecular weight is 560 g/mol. The summed E-state index contributed by atoms with van der Waals surface area (Å²) in [4.78, 5) is 20.0. The summed E-state index contributed by atoms with van der Waals surface area (Å²) in [6.07, 6.45) is 4.67. The number of aldehydes is 1. The van der Waals surface area contributed by atoms with Crippen molar-refractivity contribution >= 4 is 12.0 Å². The van der Waals surface area contributed by atoms with Gasteiger partial charge in [0.15, 0.2) is 11.5 Å². The molecule has 0 saturated carbocycles. The standard InChI is InChI=1S/C34H42FN3O3/c1-4-36-17-19-37(20-18-36)31-14-8-12-28-29(31)23-38(32(28)24-39)30(26-15-16-33(40-2)34(22-26)41-3)13-6-5-9-25-10-7-11-27(35)21-25/h7-8,10-12,14-16,21-22,24,30,32H,4-6,9,13,17-20,23H2,1-3H3/t30-,32?/m1/s1. The molecule has 0 aromatic heterocycles. The van der Waals surface area contributed by atoms with Gasteiger partial charge in [-0.1, -0.05) is 43.7 Å². The molecule has 2 atom stereocenters. The average Bonchev–Trinajstić information content (AvgIpc) is 3.39. The van der Waals surface area contributed by atoms with Crippen LogP contribution in [0.4, 0.5) is 10.1 Å². The molecule has 0 radical (unpaired) electrons. The Balaban J connectivity index is 1.41. The number of benzene rings is 3. The second-order valence-electron chi connectivity index (χ2n) is 11.0. The number of ether oxygens (including phenoxy) is 2. The van der Waals surface area contributed by atoms with Crippen molar-refractivity contribution in [3.63, 3.8) is 0 Å². The first kappa shape index (κ1) is 29.1. The van der Waals surface area contributed by atoms with Gasteiger partial charge in [-0.3, -0.25) is 4.90 Å². The highest BCUT2D eigenvalue weighted by atomic mass is 19.1. The number of anilines is 1. The lowest BCUT2D eigenvalue weighted by molar-refractivity contribution is -0.113. The molecule has 2 aliphatic heterocycles. The summed E-state index contributed by atoms with van der Waals surface area (Å²) in [6.45, 7) is 8.11. The van der Waals surface area contributed by atoms with E-state index in [-0.39, 0.29) is 17.9 Å². The molecular weight excluding hydrogens is 517 g/mol. The van der Waals surface area contributed by atoms with Gasteiger partial charge in [-0.25, -0.2) is 4.39 Å². The van der Waals surface area contributed by atoms with Crippen LogP contribution in [0, 0.1) is 5.82 Å². The van der Waals surface area contributed by atoms with Crippen LogP contribution in [0.3, 0.4) is 0 Å². The lowest BCUT2D eigenvalue weighted by atomic mass is 9.96. The molecule has 0 bridgehead atoms. The van der Waals surface area contributed by atoms with Crippen LogP contribution >= 0.6 is 0 Å². The number of likely N-dealkylation sites (N-methyl/N-ethyl adjacent to an activating group) is 1. The number of rotatable bonds is 12. The van der Waals surface area contributed by atoms with Crippen molar-refractivity contribution in [3.8, 4) is 11.5 Å². The Morgan fingerprint density at radius 3 is 2.44 bits per heavy atom. The molecule has 41 heavy (non-hydrogen) atoms. The second kappa shape index (κ2) is 13.5. The van der Waals surface area contributed by atoms with E-state index in [4.69, 9.17) is 9.47 Å². The minimum atomic E-state index is -0.316. The number of piperazine rings is 1. The van der Waals surface area contributed by atoms with Crippen molar-refractivity contribution < 1.29 is 18.7 Å². The van der Waals surface area contributed by atoms with Gasteiger partial charge >= 0.3 is 0 Å². The highest BCUT2D eigenvalue weighted by Crippen LogP contribution is 2.45. The molecule has 218 valence electrons. The van der Waals surface area contributed by atoms with Crippen LogP contribution < -0.4 is 14.4 Å². The quantitative estimate of drug-likeness (QED) is 0.195. The maximum Gasteiger partial charge on any atom is 0.161 e. The normalized spacial score (nSPS) is 18.2. The van der Waals surface area contributed by atoms with E-state index in [1.165, 1.54) is 17.3 Å². The van der Waals surface area contributed by atoms with Gasteiger partial charge in [0.05, 0.1) is 20.3 Å². The second-order valence-corrected chi connectivity index (χ2v) is 11.0. The first-order chi connectivity index (χ1) is 20.1. The maximum absolute atomic E-state index is 13.7. The van der Waals surface area contributed by atoms with Gasteiger partial charge in [0.25, 0.3) is 0 Å². The van der Waals surface area contributed by atoms with E-state index >= 15 is 0 Å². The zero-order valence-electron chi connectivity index (χ0n) is 24.5. The fraction of sp³-hybridized carbons (Fsp3) is 0.441. The fourth-order valence-electron chi connectivity index (χ4n) is 6.50. The Hall–Kier alpha value is -3.42. The van der Waals surface area contributed by atoms with E-state index in [1.54, 1.807) is 26.4 Å². The summed E-state index contributed by atoms with van der Waals surface area (Å²) >= 11 is 0.